The normalized spacial score (nSPS) is 23.5. The van der Waals surface area contributed by atoms with Crippen LogP contribution in [-0.4, -0.2) is 16.7 Å². The van der Waals surface area contributed by atoms with Crippen molar-refractivity contribution in [3.63, 3.8) is 0 Å². The zero-order valence-corrected chi connectivity index (χ0v) is 12.0. The summed E-state index contributed by atoms with van der Waals surface area (Å²) in [6.45, 7) is 9.27. The van der Waals surface area contributed by atoms with E-state index in [2.05, 4.69) is 38.7 Å². The molecule has 0 bridgehead atoms. The second-order valence-corrected chi connectivity index (χ2v) is 6.30. The number of aliphatic hydroxyl groups is 1. The van der Waals surface area contributed by atoms with Gasteiger partial charge in [-0.05, 0) is 47.6 Å². The Bertz CT molecular complexity index is 412. The lowest BCUT2D eigenvalue weighted by Crippen LogP contribution is -2.25. The first kappa shape index (κ1) is 13.5. The summed E-state index contributed by atoms with van der Waals surface area (Å²) in [7, 11) is 0. The van der Waals surface area contributed by atoms with Crippen LogP contribution < -0.4 is 0 Å². The topological polar surface area (TPSA) is 33.1 Å². The second-order valence-electron chi connectivity index (χ2n) is 6.30. The third-order valence-electron chi connectivity index (χ3n) is 4.22. The van der Waals surface area contributed by atoms with Crippen molar-refractivity contribution in [3.05, 3.63) is 29.1 Å². The number of aromatic nitrogens is 1. The van der Waals surface area contributed by atoms with Crippen molar-refractivity contribution in [1.29, 1.82) is 0 Å². The second kappa shape index (κ2) is 5.40. The van der Waals surface area contributed by atoms with Crippen LogP contribution in [-0.2, 0) is 6.42 Å². The molecule has 1 aromatic rings. The Labute approximate surface area is 110 Å². The zero-order chi connectivity index (χ0) is 13.3. The number of fused-ring (bicyclic) bond motifs is 1. The summed E-state index contributed by atoms with van der Waals surface area (Å²) in [4.78, 5) is 4.66. The van der Waals surface area contributed by atoms with Crippen LogP contribution in [0.2, 0.25) is 0 Å². The molecule has 1 aromatic heterocycles. The highest BCUT2D eigenvalue weighted by Crippen LogP contribution is 2.39. The van der Waals surface area contributed by atoms with E-state index >= 15 is 0 Å². The van der Waals surface area contributed by atoms with Crippen molar-refractivity contribution >= 4 is 0 Å². The van der Waals surface area contributed by atoms with Crippen molar-refractivity contribution in [3.8, 4) is 0 Å². The molecule has 2 unspecified atom stereocenters. The van der Waals surface area contributed by atoms with Crippen LogP contribution in [0, 0.1) is 11.8 Å². The van der Waals surface area contributed by atoms with Gasteiger partial charge in [-0.2, -0.15) is 0 Å². The van der Waals surface area contributed by atoms with Crippen LogP contribution in [0.4, 0.5) is 0 Å². The van der Waals surface area contributed by atoms with E-state index in [0.29, 0.717) is 23.7 Å². The molecule has 2 nitrogen and oxygen atoms in total. The lowest BCUT2D eigenvalue weighted by atomic mass is 9.74. The molecule has 2 rings (SSSR count). The lowest BCUT2D eigenvalue weighted by molar-refractivity contribution is 0.193. The van der Waals surface area contributed by atoms with Crippen LogP contribution in [0.5, 0.6) is 0 Å². The molecule has 0 radical (unpaired) electrons. The highest BCUT2D eigenvalue weighted by Gasteiger charge is 2.29. The number of pyridine rings is 1. The van der Waals surface area contributed by atoms with Gasteiger partial charge in [-0.25, -0.2) is 0 Å². The van der Waals surface area contributed by atoms with Gasteiger partial charge in [-0.1, -0.05) is 33.8 Å². The fraction of sp³-hybridized carbons (Fsp3) is 0.688. The first-order valence-electron chi connectivity index (χ1n) is 7.12. The van der Waals surface area contributed by atoms with Crippen LogP contribution in [0.25, 0.3) is 0 Å². The predicted molar refractivity (Wildman–Crippen MR) is 74.8 cm³/mol. The van der Waals surface area contributed by atoms with Gasteiger partial charge in [0.25, 0.3) is 0 Å². The van der Waals surface area contributed by atoms with Crippen LogP contribution in [0.1, 0.15) is 62.8 Å². The summed E-state index contributed by atoms with van der Waals surface area (Å²) in [6, 6.07) is 2.35. The minimum atomic E-state index is 0.288. The smallest absolute Gasteiger partial charge is 0.0463 e. The number of hydrogen-bond acceptors (Lipinski definition) is 2. The maximum Gasteiger partial charge on any atom is 0.0463 e. The number of hydrogen-bond donors (Lipinski definition) is 1. The quantitative estimate of drug-likeness (QED) is 0.886. The fourth-order valence-electron chi connectivity index (χ4n) is 2.95. The van der Waals surface area contributed by atoms with E-state index < -0.39 is 0 Å². The van der Waals surface area contributed by atoms with E-state index in [1.54, 1.807) is 0 Å². The Morgan fingerprint density at radius 1 is 1.33 bits per heavy atom. The summed E-state index contributed by atoms with van der Waals surface area (Å²) in [6.07, 6.45) is 4.05. The van der Waals surface area contributed by atoms with Gasteiger partial charge in [0.15, 0.2) is 0 Å². The molecule has 18 heavy (non-hydrogen) atoms. The maximum atomic E-state index is 9.43. The molecule has 1 heterocycles. The number of rotatable bonds is 3. The molecule has 1 aliphatic carbocycles. The lowest BCUT2D eigenvalue weighted by Gasteiger charge is -2.33. The molecule has 2 heteroatoms. The van der Waals surface area contributed by atoms with E-state index in [0.717, 1.165) is 12.8 Å². The van der Waals surface area contributed by atoms with E-state index in [-0.39, 0.29) is 6.61 Å². The SMILES string of the molecule is CC(C)c1cnc2c(c1)C(C(C)C)CC(CO)C2. The average Bonchev–Trinajstić information content (AvgIpc) is 2.36. The van der Waals surface area contributed by atoms with Gasteiger partial charge >= 0.3 is 0 Å². The molecule has 1 N–H and O–H groups in total. The summed E-state index contributed by atoms with van der Waals surface area (Å²) >= 11 is 0. The molecular formula is C16H25NO. The predicted octanol–water partition coefficient (Wildman–Crippen LogP) is 3.50. The van der Waals surface area contributed by atoms with Gasteiger partial charge in [0.2, 0.25) is 0 Å². The largest absolute Gasteiger partial charge is 0.396 e. The van der Waals surface area contributed by atoms with Gasteiger partial charge in [0, 0.05) is 18.5 Å². The van der Waals surface area contributed by atoms with E-state index in [1.165, 1.54) is 16.8 Å². The van der Waals surface area contributed by atoms with Gasteiger partial charge in [0.05, 0.1) is 0 Å². The first-order chi connectivity index (χ1) is 8.52. The highest BCUT2D eigenvalue weighted by atomic mass is 16.3. The molecule has 100 valence electrons. The van der Waals surface area contributed by atoms with Crippen molar-refractivity contribution in [1.82, 2.24) is 4.98 Å². The molecular weight excluding hydrogens is 222 g/mol. The fourth-order valence-corrected chi connectivity index (χ4v) is 2.95. The summed E-state index contributed by atoms with van der Waals surface area (Å²) in [5, 5.41) is 9.43. The Hall–Kier alpha value is -0.890. The van der Waals surface area contributed by atoms with Crippen molar-refractivity contribution < 1.29 is 5.11 Å². The summed E-state index contributed by atoms with van der Waals surface area (Å²) in [5.41, 5.74) is 3.98. The van der Waals surface area contributed by atoms with Crippen LogP contribution >= 0.6 is 0 Å². The molecule has 0 saturated carbocycles. The molecule has 2 atom stereocenters. The molecule has 1 aliphatic rings. The zero-order valence-electron chi connectivity index (χ0n) is 12.0. The molecule has 0 fully saturated rings. The monoisotopic (exact) mass is 247 g/mol. The minimum Gasteiger partial charge on any atom is -0.396 e. The van der Waals surface area contributed by atoms with Crippen molar-refractivity contribution in [2.45, 2.75) is 52.4 Å². The van der Waals surface area contributed by atoms with Gasteiger partial charge < -0.3 is 5.11 Å². The van der Waals surface area contributed by atoms with Crippen molar-refractivity contribution in [2.75, 3.05) is 6.61 Å². The third-order valence-corrected chi connectivity index (χ3v) is 4.22. The molecule has 0 saturated heterocycles. The van der Waals surface area contributed by atoms with E-state index in [4.69, 9.17) is 0 Å². The minimum absolute atomic E-state index is 0.288. The molecule has 0 amide bonds. The van der Waals surface area contributed by atoms with Gasteiger partial charge in [-0.3, -0.25) is 4.98 Å². The van der Waals surface area contributed by atoms with Crippen LogP contribution in [0.15, 0.2) is 12.3 Å². The molecule has 0 aliphatic heterocycles. The highest BCUT2D eigenvalue weighted by molar-refractivity contribution is 5.33. The van der Waals surface area contributed by atoms with Gasteiger partial charge in [-0.15, -0.1) is 0 Å². The Balaban J connectivity index is 2.40. The molecule has 0 spiro atoms. The van der Waals surface area contributed by atoms with Gasteiger partial charge in [0.1, 0.15) is 0 Å². The Morgan fingerprint density at radius 2 is 2.06 bits per heavy atom. The Kier molecular flexibility index (Phi) is 4.06. The van der Waals surface area contributed by atoms with Crippen LogP contribution in [0.3, 0.4) is 0 Å². The summed E-state index contributed by atoms with van der Waals surface area (Å²) in [5.74, 6) is 2.09. The first-order valence-corrected chi connectivity index (χ1v) is 7.12. The third kappa shape index (κ3) is 2.59. The van der Waals surface area contributed by atoms with E-state index in [1.807, 2.05) is 6.20 Å². The maximum absolute atomic E-state index is 9.43. The standard InChI is InChI=1S/C16H25NO/c1-10(2)13-7-15-14(11(3)4)5-12(9-18)6-16(15)17-8-13/h7-8,10-12,14,18H,5-6,9H2,1-4H3. The number of nitrogens with zero attached hydrogens (tertiary/aromatic N) is 1. The molecule has 0 aromatic carbocycles. The number of aliphatic hydroxyl groups excluding tert-OH is 1. The average molecular weight is 247 g/mol. The van der Waals surface area contributed by atoms with E-state index in [9.17, 15) is 5.11 Å². The Morgan fingerprint density at radius 3 is 2.61 bits per heavy atom. The summed E-state index contributed by atoms with van der Waals surface area (Å²) < 4.78 is 0. The van der Waals surface area contributed by atoms with Crippen molar-refractivity contribution in [2.24, 2.45) is 11.8 Å².